The number of rotatable bonds is 2. The van der Waals surface area contributed by atoms with Gasteiger partial charge in [-0.15, -0.1) is 0 Å². The molecule has 104 valence electrons. The van der Waals surface area contributed by atoms with E-state index in [1.807, 2.05) is 12.1 Å². The molecule has 0 radical (unpaired) electrons. The molecule has 3 aromatic rings. The predicted octanol–water partition coefficient (Wildman–Crippen LogP) is 6.46. The summed E-state index contributed by atoms with van der Waals surface area (Å²) in [5.41, 5.74) is 3.55. The van der Waals surface area contributed by atoms with Crippen molar-refractivity contribution in [2.45, 2.75) is 32.0 Å². The van der Waals surface area contributed by atoms with E-state index in [0.717, 1.165) is 17.6 Å². The van der Waals surface area contributed by atoms with Gasteiger partial charge in [-0.25, -0.2) is 0 Å². The van der Waals surface area contributed by atoms with E-state index in [1.165, 1.54) is 16.3 Å². The molecule has 0 aliphatic rings. The Hall–Kier alpha value is -1.28. The van der Waals surface area contributed by atoms with Gasteiger partial charge in [0.15, 0.2) is 0 Å². The fourth-order valence-corrected chi connectivity index (χ4v) is 3.85. The summed E-state index contributed by atoms with van der Waals surface area (Å²) in [5.74, 6) is 0. The average molecular weight is 331 g/mol. The standard InChI is InChI=1S/C18H19BrO/c1-18(2,3)11-15(19)12-8-9-17-14(10-12)13-6-4-5-7-16(13)20-17/h4-10,15H,11H2,1-3H3. The molecule has 0 aliphatic carbocycles. The van der Waals surface area contributed by atoms with Crippen LogP contribution in [-0.2, 0) is 0 Å². The highest BCUT2D eigenvalue weighted by molar-refractivity contribution is 9.09. The Balaban J connectivity index is 2.07. The molecule has 0 bridgehead atoms. The molecule has 0 saturated carbocycles. The van der Waals surface area contributed by atoms with Gasteiger partial charge in [0.1, 0.15) is 11.2 Å². The molecule has 0 fully saturated rings. The van der Waals surface area contributed by atoms with Crippen molar-refractivity contribution < 1.29 is 4.42 Å². The fraction of sp³-hybridized carbons (Fsp3) is 0.333. The van der Waals surface area contributed by atoms with Crippen molar-refractivity contribution in [1.82, 2.24) is 0 Å². The second-order valence-corrected chi connectivity index (χ2v) is 7.69. The molecule has 1 heterocycles. The van der Waals surface area contributed by atoms with Crippen molar-refractivity contribution in [2.24, 2.45) is 5.41 Å². The monoisotopic (exact) mass is 330 g/mol. The number of alkyl halides is 1. The van der Waals surface area contributed by atoms with Crippen molar-refractivity contribution in [2.75, 3.05) is 0 Å². The van der Waals surface area contributed by atoms with Crippen molar-refractivity contribution in [3.63, 3.8) is 0 Å². The SMILES string of the molecule is CC(C)(C)CC(Br)c1ccc2oc3ccccc3c2c1. The lowest BCUT2D eigenvalue weighted by Gasteiger charge is -2.22. The molecule has 0 aliphatic heterocycles. The van der Waals surface area contributed by atoms with Gasteiger partial charge < -0.3 is 4.42 Å². The Morgan fingerprint density at radius 2 is 1.70 bits per heavy atom. The number of halogens is 1. The van der Waals surface area contributed by atoms with Crippen molar-refractivity contribution in [3.05, 3.63) is 48.0 Å². The molecule has 0 saturated heterocycles. The maximum atomic E-state index is 5.87. The molecule has 1 unspecified atom stereocenters. The Kier molecular flexibility index (Phi) is 3.37. The van der Waals surface area contributed by atoms with Crippen LogP contribution in [0.15, 0.2) is 46.9 Å². The minimum absolute atomic E-state index is 0.307. The highest BCUT2D eigenvalue weighted by atomic mass is 79.9. The first-order valence-corrected chi connectivity index (χ1v) is 7.91. The second kappa shape index (κ2) is 4.92. The zero-order valence-electron chi connectivity index (χ0n) is 12.1. The summed E-state index contributed by atoms with van der Waals surface area (Å²) in [6.07, 6.45) is 1.11. The topological polar surface area (TPSA) is 13.1 Å². The van der Waals surface area contributed by atoms with Gasteiger partial charge in [0.05, 0.1) is 0 Å². The number of furan rings is 1. The maximum Gasteiger partial charge on any atom is 0.135 e. The van der Waals surface area contributed by atoms with Crippen molar-refractivity contribution in [3.8, 4) is 0 Å². The minimum atomic E-state index is 0.307. The average Bonchev–Trinajstić information content (AvgIpc) is 2.74. The van der Waals surface area contributed by atoms with Gasteiger partial charge in [0, 0.05) is 15.6 Å². The normalized spacial score (nSPS) is 14.0. The summed E-state index contributed by atoms with van der Waals surface area (Å²) in [7, 11) is 0. The van der Waals surface area contributed by atoms with Crippen molar-refractivity contribution in [1.29, 1.82) is 0 Å². The molecule has 0 N–H and O–H groups in total. The molecule has 2 heteroatoms. The lowest BCUT2D eigenvalue weighted by Crippen LogP contribution is -2.08. The largest absolute Gasteiger partial charge is 0.456 e. The summed E-state index contributed by atoms with van der Waals surface area (Å²) < 4.78 is 5.87. The fourth-order valence-electron chi connectivity index (χ4n) is 2.59. The van der Waals surface area contributed by atoms with E-state index in [4.69, 9.17) is 4.42 Å². The summed E-state index contributed by atoms with van der Waals surface area (Å²) in [6, 6.07) is 14.7. The number of para-hydroxylation sites is 1. The highest BCUT2D eigenvalue weighted by Gasteiger charge is 2.19. The second-order valence-electron chi connectivity index (χ2n) is 6.59. The van der Waals surface area contributed by atoms with Gasteiger partial charge in [0.25, 0.3) is 0 Å². The first-order chi connectivity index (χ1) is 9.44. The van der Waals surface area contributed by atoms with E-state index >= 15 is 0 Å². The summed E-state index contributed by atoms with van der Waals surface area (Å²) in [4.78, 5) is 0.376. The van der Waals surface area contributed by atoms with Crippen LogP contribution in [-0.4, -0.2) is 0 Å². The predicted molar refractivity (Wildman–Crippen MR) is 89.5 cm³/mol. The number of benzene rings is 2. The lowest BCUT2D eigenvalue weighted by atomic mass is 9.88. The van der Waals surface area contributed by atoms with Gasteiger partial charge in [0.2, 0.25) is 0 Å². The molecule has 0 amide bonds. The number of hydrogen-bond acceptors (Lipinski definition) is 1. The Labute approximate surface area is 128 Å². The molecule has 1 aromatic heterocycles. The zero-order valence-corrected chi connectivity index (χ0v) is 13.7. The van der Waals surface area contributed by atoms with Crippen LogP contribution in [0.5, 0.6) is 0 Å². The van der Waals surface area contributed by atoms with Gasteiger partial charge in [-0.2, -0.15) is 0 Å². The van der Waals surface area contributed by atoms with E-state index in [2.05, 4.69) is 67.0 Å². The third-order valence-corrected chi connectivity index (χ3v) is 4.41. The van der Waals surface area contributed by atoms with Crippen LogP contribution in [0.4, 0.5) is 0 Å². The molecular weight excluding hydrogens is 312 g/mol. The van der Waals surface area contributed by atoms with Crippen LogP contribution in [0.25, 0.3) is 21.9 Å². The van der Waals surface area contributed by atoms with E-state index in [1.54, 1.807) is 0 Å². The van der Waals surface area contributed by atoms with E-state index in [-0.39, 0.29) is 0 Å². The summed E-state index contributed by atoms with van der Waals surface area (Å²) >= 11 is 3.83. The molecule has 0 spiro atoms. The Morgan fingerprint density at radius 1 is 1.00 bits per heavy atom. The van der Waals surface area contributed by atoms with Gasteiger partial charge in [-0.3, -0.25) is 0 Å². The third-order valence-electron chi connectivity index (χ3n) is 3.55. The molecule has 3 rings (SSSR count). The van der Waals surface area contributed by atoms with Crippen LogP contribution >= 0.6 is 15.9 Å². The van der Waals surface area contributed by atoms with Gasteiger partial charge in [-0.1, -0.05) is 61.0 Å². The molecule has 20 heavy (non-hydrogen) atoms. The number of hydrogen-bond donors (Lipinski definition) is 0. The molecule has 2 aromatic carbocycles. The minimum Gasteiger partial charge on any atom is -0.456 e. The van der Waals surface area contributed by atoms with Gasteiger partial charge >= 0.3 is 0 Å². The lowest BCUT2D eigenvalue weighted by molar-refractivity contribution is 0.377. The smallest absolute Gasteiger partial charge is 0.135 e. The van der Waals surface area contributed by atoms with Crippen LogP contribution < -0.4 is 0 Å². The quantitative estimate of drug-likeness (QED) is 0.491. The first-order valence-electron chi connectivity index (χ1n) is 6.99. The van der Waals surface area contributed by atoms with Crippen LogP contribution in [0.3, 0.4) is 0 Å². The molecular formula is C18H19BrO. The first kappa shape index (κ1) is 13.7. The summed E-state index contributed by atoms with van der Waals surface area (Å²) in [6.45, 7) is 6.81. The van der Waals surface area contributed by atoms with Crippen molar-refractivity contribution >= 4 is 37.9 Å². The Morgan fingerprint density at radius 3 is 2.45 bits per heavy atom. The maximum absolute atomic E-state index is 5.87. The molecule has 1 atom stereocenters. The third kappa shape index (κ3) is 2.62. The highest BCUT2D eigenvalue weighted by Crippen LogP contribution is 2.38. The van der Waals surface area contributed by atoms with Crippen LogP contribution in [0, 0.1) is 5.41 Å². The Bertz CT molecular complexity index is 749. The van der Waals surface area contributed by atoms with Crippen LogP contribution in [0.1, 0.15) is 37.6 Å². The van der Waals surface area contributed by atoms with E-state index < -0.39 is 0 Å². The van der Waals surface area contributed by atoms with E-state index in [0.29, 0.717) is 10.2 Å². The zero-order chi connectivity index (χ0) is 14.3. The van der Waals surface area contributed by atoms with Crippen LogP contribution in [0.2, 0.25) is 0 Å². The van der Waals surface area contributed by atoms with E-state index in [9.17, 15) is 0 Å². The summed E-state index contributed by atoms with van der Waals surface area (Å²) in [5, 5.41) is 2.40. The van der Waals surface area contributed by atoms with Gasteiger partial charge in [-0.05, 0) is 35.6 Å². The molecule has 1 nitrogen and oxygen atoms in total. The number of fused-ring (bicyclic) bond motifs is 3.